The van der Waals surface area contributed by atoms with E-state index in [1.54, 1.807) is 0 Å². The van der Waals surface area contributed by atoms with Crippen LogP contribution in [0, 0.1) is 0 Å². The van der Waals surface area contributed by atoms with E-state index in [-0.39, 0.29) is 49.2 Å². The molecule has 2 N–H and O–H groups in total. The van der Waals surface area contributed by atoms with Gasteiger partial charge in [-0.1, -0.05) is 245 Å². The number of hydrogen-bond acceptors (Lipinski definition) is 8. The predicted molar refractivity (Wildman–Crippen MR) is 246 cm³/mol. The van der Waals surface area contributed by atoms with Crippen LogP contribution in [0.25, 0.3) is 0 Å². The van der Waals surface area contributed by atoms with Crippen LogP contribution in [0.4, 0.5) is 0 Å². The number of carbonyl (C=O) groups is 2. The molecule has 0 aliphatic heterocycles. The van der Waals surface area contributed by atoms with Gasteiger partial charge in [0, 0.05) is 0 Å². The van der Waals surface area contributed by atoms with Gasteiger partial charge < -0.3 is 19.8 Å². The molecule has 0 spiro atoms. The summed E-state index contributed by atoms with van der Waals surface area (Å²) < 4.78 is 50.1. The molecule has 0 aromatic carbocycles. The molecule has 0 bridgehead atoms. The van der Waals surface area contributed by atoms with E-state index < -0.39 is 45.1 Å². The van der Waals surface area contributed by atoms with Crippen LogP contribution in [0.5, 0.6) is 0 Å². The maximum Gasteiger partial charge on any atom is 2.00 e. The summed E-state index contributed by atoms with van der Waals surface area (Å²) in [5.41, 5.74) is 0. The Labute approximate surface area is 395 Å². The van der Waals surface area contributed by atoms with Gasteiger partial charge in [-0.25, -0.2) is 26.3 Å². The Morgan fingerprint density at radius 1 is 0.322 bits per heavy atom. The van der Waals surface area contributed by atoms with E-state index in [9.17, 15) is 36.6 Å². The minimum absolute atomic E-state index is 0. The van der Waals surface area contributed by atoms with Crippen molar-refractivity contribution < 1.29 is 36.6 Å². The van der Waals surface area contributed by atoms with Crippen molar-refractivity contribution in [3.05, 3.63) is 0 Å². The fourth-order valence-electron chi connectivity index (χ4n) is 7.22. The monoisotopic (exact) mass is 905 g/mol. The molecule has 0 heterocycles. The second-order valence-corrected chi connectivity index (χ2v) is 20.6. The SMILES string of the molecule is CCCCCCCCCCCCCCCCCCCCCS(=O)(=O)NCC(=O)[O-].CCCCCCCCCCCCCCCCCCCCCS(=O)(=O)NCC(=O)[O-].[Ca+2]. The Kier molecular flexibility index (Phi) is 52.6. The number of hydrogen-bond donors (Lipinski definition) is 2. The largest absolute Gasteiger partial charge is 2.00 e. The van der Waals surface area contributed by atoms with Gasteiger partial charge in [-0.15, -0.1) is 0 Å². The Morgan fingerprint density at radius 2 is 0.475 bits per heavy atom. The van der Waals surface area contributed by atoms with Crippen LogP contribution in [0.15, 0.2) is 0 Å². The molecular weight excluding hydrogens is 813 g/mol. The molecule has 0 rings (SSSR count). The number of carboxylic acids is 2. The smallest absolute Gasteiger partial charge is 0.549 e. The number of carboxylic acid groups (broad SMARTS) is 2. The molecule has 0 saturated carbocycles. The normalized spacial score (nSPS) is 11.6. The van der Waals surface area contributed by atoms with Gasteiger partial charge in [0.2, 0.25) is 20.0 Å². The Morgan fingerprint density at radius 3 is 0.627 bits per heavy atom. The van der Waals surface area contributed by atoms with Crippen molar-refractivity contribution in [2.75, 3.05) is 24.6 Å². The first-order chi connectivity index (χ1) is 28.0. The number of nitrogens with one attached hydrogen (secondary N) is 2. The molecule has 0 unspecified atom stereocenters. The third kappa shape index (κ3) is 58.0. The number of sulfonamides is 2. The van der Waals surface area contributed by atoms with Gasteiger partial charge in [-0.05, 0) is 12.8 Å². The van der Waals surface area contributed by atoms with Crippen molar-refractivity contribution in [3.8, 4) is 0 Å². The molecule has 10 nitrogen and oxygen atoms in total. The van der Waals surface area contributed by atoms with Crippen LogP contribution in [-0.2, 0) is 29.6 Å². The van der Waals surface area contributed by atoms with Gasteiger partial charge in [0.15, 0.2) is 0 Å². The van der Waals surface area contributed by atoms with Gasteiger partial charge in [-0.2, -0.15) is 0 Å². The van der Waals surface area contributed by atoms with Crippen molar-refractivity contribution >= 4 is 69.7 Å². The second kappa shape index (κ2) is 49.0. The molecule has 0 aromatic heterocycles. The average Bonchev–Trinajstić information content (AvgIpc) is 3.18. The summed E-state index contributed by atoms with van der Waals surface area (Å²) in [6, 6.07) is 0. The zero-order chi connectivity index (χ0) is 43.3. The predicted octanol–water partition coefficient (Wildman–Crippen LogP) is 9.79. The number of aliphatic carboxylic acids is 2. The van der Waals surface area contributed by atoms with Crippen LogP contribution in [0.2, 0.25) is 0 Å². The van der Waals surface area contributed by atoms with Crippen LogP contribution in [-0.4, -0.2) is 91.1 Å². The average molecular weight is 905 g/mol. The number of rotatable bonds is 46. The van der Waals surface area contributed by atoms with E-state index in [4.69, 9.17) is 0 Å². The summed E-state index contributed by atoms with van der Waals surface area (Å²) in [6.07, 6.45) is 48.5. The maximum atomic E-state index is 11.5. The first-order valence-electron chi connectivity index (χ1n) is 24.3. The Balaban J connectivity index is -0.00000105. The Hall–Kier alpha value is 0.0197. The molecule has 0 atom stereocenters. The van der Waals surface area contributed by atoms with Crippen LogP contribution < -0.4 is 19.7 Å². The molecule has 0 aliphatic rings. The molecular formula is C46H92CaN2O8S2. The zero-order valence-electron chi connectivity index (χ0n) is 38.5. The molecule has 59 heavy (non-hydrogen) atoms. The fourth-order valence-corrected chi connectivity index (χ4v) is 9.36. The molecule has 348 valence electrons. The van der Waals surface area contributed by atoms with Crippen molar-refractivity contribution in [3.63, 3.8) is 0 Å². The third-order valence-corrected chi connectivity index (χ3v) is 13.7. The Bertz CT molecular complexity index is 1020. The van der Waals surface area contributed by atoms with Gasteiger partial charge in [-0.3, -0.25) is 0 Å². The summed E-state index contributed by atoms with van der Waals surface area (Å²) >= 11 is 0. The molecule has 0 aliphatic carbocycles. The van der Waals surface area contributed by atoms with Gasteiger partial charge in [0.1, 0.15) is 0 Å². The fraction of sp³-hybridized carbons (Fsp3) is 0.957. The van der Waals surface area contributed by atoms with Crippen LogP contribution in [0.3, 0.4) is 0 Å². The molecule has 0 aromatic rings. The standard InChI is InChI=1S/2C23H47NO4S.Ca/c2*1-2-3-4-5-6-7-8-9-10-11-12-13-14-15-16-17-18-19-20-21-29(27,28)24-22-23(25)26;/h2*24H,2-22H2,1H3,(H,25,26);/q;;+2/p-2. The van der Waals surface area contributed by atoms with Crippen molar-refractivity contribution in [2.45, 2.75) is 258 Å². The maximum absolute atomic E-state index is 11.5. The van der Waals surface area contributed by atoms with E-state index in [0.29, 0.717) is 12.8 Å². The first-order valence-corrected chi connectivity index (χ1v) is 27.6. The summed E-state index contributed by atoms with van der Waals surface area (Å²) in [7, 11) is -6.94. The summed E-state index contributed by atoms with van der Waals surface area (Å²) in [5, 5.41) is 20.5. The van der Waals surface area contributed by atoms with Crippen molar-refractivity contribution in [2.24, 2.45) is 0 Å². The zero-order valence-corrected chi connectivity index (χ0v) is 42.3. The minimum atomic E-state index is -3.47. The topological polar surface area (TPSA) is 173 Å². The van der Waals surface area contributed by atoms with E-state index in [1.165, 1.54) is 193 Å². The van der Waals surface area contributed by atoms with E-state index in [1.807, 2.05) is 9.44 Å². The number of carbonyl (C=O) groups excluding carboxylic acids is 2. The molecule has 13 heteroatoms. The van der Waals surface area contributed by atoms with Crippen molar-refractivity contribution in [1.82, 2.24) is 9.44 Å². The van der Waals surface area contributed by atoms with E-state index in [0.717, 1.165) is 38.5 Å². The van der Waals surface area contributed by atoms with Crippen LogP contribution >= 0.6 is 0 Å². The first kappa shape index (κ1) is 63.3. The number of unbranched alkanes of at least 4 members (excludes halogenated alkanes) is 36. The van der Waals surface area contributed by atoms with Gasteiger partial charge >= 0.3 is 37.7 Å². The summed E-state index contributed by atoms with van der Waals surface area (Å²) in [4.78, 5) is 20.5. The van der Waals surface area contributed by atoms with Crippen molar-refractivity contribution in [1.29, 1.82) is 0 Å². The van der Waals surface area contributed by atoms with E-state index >= 15 is 0 Å². The summed E-state index contributed by atoms with van der Waals surface area (Å²) in [6.45, 7) is 3.26. The van der Waals surface area contributed by atoms with E-state index in [2.05, 4.69) is 13.8 Å². The van der Waals surface area contributed by atoms with Crippen LogP contribution in [0.1, 0.15) is 258 Å². The molecule has 0 amide bonds. The summed E-state index contributed by atoms with van der Waals surface area (Å²) in [5.74, 6) is -2.80. The van der Waals surface area contributed by atoms with Gasteiger partial charge in [0.05, 0.1) is 36.5 Å². The quantitative estimate of drug-likeness (QED) is 0.0449. The molecule has 0 fully saturated rings. The molecule has 0 saturated heterocycles. The minimum Gasteiger partial charge on any atom is -0.549 e. The van der Waals surface area contributed by atoms with Gasteiger partial charge in [0.25, 0.3) is 0 Å². The second-order valence-electron chi connectivity index (χ2n) is 16.8. The molecule has 0 radical (unpaired) electrons. The third-order valence-electron chi connectivity index (χ3n) is 10.9.